The lowest BCUT2D eigenvalue weighted by Gasteiger charge is -2.32. The Kier molecular flexibility index (Phi) is 4.54. The van der Waals surface area contributed by atoms with E-state index < -0.39 is 29.6 Å². The molecule has 0 saturated heterocycles. The van der Waals surface area contributed by atoms with Gasteiger partial charge in [0, 0.05) is 12.0 Å². The van der Waals surface area contributed by atoms with Gasteiger partial charge in [-0.05, 0) is 25.0 Å². The number of Topliss-reactive ketones (excluding diaryl/α,β-unsaturated/α-hetero) is 1. The van der Waals surface area contributed by atoms with Gasteiger partial charge < -0.3 is 4.74 Å². The quantitative estimate of drug-likeness (QED) is 0.611. The molecule has 0 aromatic heterocycles. The SMILES string of the molecule is COc1ccc(C(=O)C2CCCCC2C(F)(F)F)c(F)c1. The van der Waals surface area contributed by atoms with E-state index in [4.69, 9.17) is 4.74 Å². The fourth-order valence-corrected chi connectivity index (χ4v) is 2.86. The summed E-state index contributed by atoms with van der Waals surface area (Å²) in [6.45, 7) is 0. The summed E-state index contributed by atoms with van der Waals surface area (Å²) in [4.78, 5) is 12.3. The Hall–Kier alpha value is -1.59. The van der Waals surface area contributed by atoms with Crippen LogP contribution in [0.4, 0.5) is 17.6 Å². The van der Waals surface area contributed by atoms with Crippen molar-refractivity contribution in [2.75, 3.05) is 7.11 Å². The van der Waals surface area contributed by atoms with Gasteiger partial charge in [0.05, 0.1) is 18.6 Å². The van der Waals surface area contributed by atoms with Crippen LogP contribution < -0.4 is 4.74 Å². The van der Waals surface area contributed by atoms with Gasteiger partial charge in [0.25, 0.3) is 0 Å². The summed E-state index contributed by atoms with van der Waals surface area (Å²) in [5, 5.41) is 0. The van der Waals surface area contributed by atoms with Crippen molar-refractivity contribution in [3.63, 3.8) is 0 Å². The van der Waals surface area contributed by atoms with Crippen LogP contribution >= 0.6 is 0 Å². The third kappa shape index (κ3) is 3.36. The summed E-state index contributed by atoms with van der Waals surface area (Å²) in [6, 6.07) is 3.58. The van der Waals surface area contributed by atoms with Gasteiger partial charge in [-0.25, -0.2) is 4.39 Å². The predicted molar refractivity (Wildman–Crippen MR) is 68.8 cm³/mol. The third-order valence-corrected chi connectivity index (χ3v) is 3.96. The van der Waals surface area contributed by atoms with E-state index in [-0.39, 0.29) is 24.2 Å². The zero-order chi connectivity index (χ0) is 15.6. The first-order valence-corrected chi connectivity index (χ1v) is 6.79. The van der Waals surface area contributed by atoms with Crippen LogP contribution in [-0.4, -0.2) is 19.1 Å². The lowest BCUT2D eigenvalue weighted by molar-refractivity contribution is -0.190. The standard InChI is InChI=1S/C15H16F4O2/c1-21-9-6-7-11(13(16)8-9)14(20)10-4-2-3-5-12(10)15(17,18)19/h6-8,10,12H,2-5H2,1H3. The van der Waals surface area contributed by atoms with Gasteiger partial charge in [0.1, 0.15) is 11.6 Å². The van der Waals surface area contributed by atoms with E-state index in [1.54, 1.807) is 0 Å². The van der Waals surface area contributed by atoms with E-state index >= 15 is 0 Å². The number of alkyl halides is 3. The zero-order valence-corrected chi connectivity index (χ0v) is 11.5. The highest BCUT2D eigenvalue weighted by atomic mass is 19.4. The van der Waals surface area contributed by atoms with E-state index in [9.17, 15) is 22.4 Å². The molecule has 0 radical (unpaired) electrons. The fraction of sp³-hybridized carbons (Fsp3) is 0.533. The molecule has 1 aliphatic rings. The van der Waals surface area contributed by atoms with Gasteiger partial charge in [-0.15, -0.1) is 0 Å². The summed E-state index contributed by atoms with van der Waals surface area (Å²) in [7, 11) is 1.34. The number of benzene rings is 1. The third-order valence-electron chi connectivity index (χ3n) is 3.96. The highest BCUT2D eigenvalue weighted by molar-refractivity contribution is 5.98. The molecule has 2 unspecified atom stereocenters. The maximum Gasteiger partial charge on any atom is 0.392 e. The summed E-state index contributed by atoms with van der Waals surface area (Å²) in [5.74, 6) is -4.26. The number of rotatable bonds is 3. The molecule has 2 atom stereocenters. The van der Waals surface area contributed by atoms with Crippen molar-refractivity contribution in [3.05, 3.63) is 29.6 Å². The van der Waals surface area contributed by atoms with Gasteiger partial charge in [-0.3, -0.25) is 4.79 Å². The van der Waals surface area contributed by atoms with E-state index in [2.05, 4.69) is 0 Å². The topological polar surface area (TPSA) is 26.3 Å². The van der Waals surface area contributed by atoms with Gasteiger partial charge in [0.2, 0.25) is 0 Å². The summed E-state index contributed by atoms with van der Waals surface area (Å²) >= 11 is 0. The number of methoxy groups -OCH3 is 1. The molecule has 0 N–H and O–H groups in total. The molecule has 1 aromatic carbocycles. The molecule has 1 aromatic rings. The van der Waals surface area contributed by atoms with Crippen LogP contribution in [-0.2, 0) is 0 Å². The van der Waals surface area contributed by atoms with E-state index in [0.717, 1.165) is 6.07 Å². The van der Waals surface area contributed by atoms with E-state index in [1.807, 2.05) is 0 Å². The molecule has 21 heavy (non-hydrogen) atoms. The number of ketones is 1. The largest absolute Gasteiger partial charge is 0.497 e. The molecule has 1 fully saturated rings. The lowest BCUT2D eigenvalue weighted by Crippen LogP contribution is -2.37. The van der Waals surface area contributed by atoms with Crippen molar-refractivity contribution < 1.29 is 27.1 Å². The second kappa shape index (κ2) is 6.03. The summed E-state index contributed by atoms with van der Waals surface area (Å²) in [6.07, 6.45) is -3.35. The average molecular weight is 304 g/mol. The van der Waals surface area contributed by atoms with Gasteiger partial charge >= 0.3 is 6.18 Å². The van der Waals surface area contributed by atoms with Gasteiger partial charge in [0.15, 0.2) is 5.78 Å². The molecule has 0 bridgehead atoms. The van der Waals surface area contributed by atoms with Crippen molar-refractivity contribution in [1.82, 2.24) is 0 Å². The van der Waals surface area contributed by atoms with Gasteiger partial charge in [-0.2, -0.15) is 13.2 Å². The number of carbonyl (C=O) groups is 1. The highest BCUT2D eigenvalue weighted by Gasteiger charge is 2.48. The van der Waals surface area contributed by atoms with Crippen LogP contribution in [0, 0.1) is 17.7 Å². The molecule has 2 rings (SSSR count). The van der Waals surface area contributed by atoms with Crippen LogP contribution in [0.25, 0.3) is 0 Å². The number of carbonyl (C=O) groups excluding carboxylic acids is 1. The van der Waals surface area contributed by atoms with Crippen molar-refractivity contribution in [1.29, 1.82) is 0 Å². The monoisotopic (exact) mass is 304 g/mol. The Labute approximate surface area is 120 Å². The zero-order valence-electron chi connectivity index (χ0n) is 11.5. The molecular formula is C15H16F4O2. The molecule has 0 spiro atoms. The number of hydrogen-bond acceptors (Lipinski definition) is 2. The minimum atomic E-state index is -4.43. The minimum absolute atomic E-state index is 0.0717. The Morgan fingerprint density at radius 1 is 1.24 bits per heavy atom. The Morgan fingerprint density at radius 2 is 1.90 bits per heavy atom. The smallest absolute Gasteiger partial charge is 0.392 e. The Balaban J connectivity index is 2.29. The predicted octanol–water partition coefficient (Wildman–Crippen LogP) is 4.39. The normalized spacial score (nSPS) is 22.9. The Bertz CT molecular complexity index is 525. The van der Waals surface area contributed by atoms with Crippen molar-refractivity contribution in [2.45, 2.75) is 31.9 Å². The first kappa shape index (κ1) is 15.8. The molecule has 6 heteroatoms. The summed E-state index contributed by atoms with van der Waals surface area (Å²) in [5.41, 5.74) is -0.294. The first-order chi connectivity index (χ1) is 9.84. The van der Waals surface area contributed by atoms with E-state index in [0.29, 0.717) is 12.8 Å². The molecule has 0 aliphatic heterocycles. The molecule has 0 amide bonds. The van der Waals surface area contributed by atoms with Crippen molar-refractivity contribution in [3.8, 4) is 5.75 Å². The molecule has 1 aliphatic carbocycles. The van der Waals surface area contributed by atoms with Crippen LogP contribution in [0.3, 0.4) is 0 Å². The molecule has 0 heterocycles. The maximum atomic E-state index is 13.9. The summed E-state index contributed by atoms with van der Waals surface area (Å²) < 4.78 is 57.8. The fourth-order valence-electron chi connectivity index (χ4n) is 2.86. The Morgan fingerprint density at radius 3 is 2.48 bits per heavy atom. The van der Waals surface area contributed by atoms with Crippen LogP contribution in [0.15, 0.2) is 18.2 Å². The van der Waals surface area contributed by atoms with Crippen LogP contribution in [0.2, 0.25) is 0 Å². The first-order valence-electron chi connectivity index (χ1n) is 6.79. The molecule has 116 valence electrons. The second-order valence-corrected chi connectivity index (χ2v) is 5.25. The number of hydrogen-bond donors (Lipinski definition) is 0. The van der Waals surface area contributed by atoms with Crippen molar-refractivity contribution in [2.24, 2.45) is 11.8 Å². The number of halogens is 4. The lowest BCUT2D eigenvalue weighted by atomic mass is 9.75. The van der Waals surface area contributed by atoms with Gasteiger partial charge in [-0.1, -0.05) is 12.8 Å². The van der Waals surface area contributed by atoms with Crippen LogP contribution in [0.5, 0.6) is 5.75 Å². The minimum Gasteiger partial charge on any atom is -0.497 e. The average Bonchev–Trinajstić information content (AvgIpc) is 2.45. The van der Waals surface area contributed by atoms with Crippen molar-refractivity contribution >= 4 is 5.78 Å². The highest BCUT2D eigenvalue weighted by Crippen LogP contribution is 2.43. The molecule has 2 nitrogen and oxygen atoms in total. The molecule has 1 saturated carbocycles. The van der Waals surface area contributed by atoms with Crippen LogP contribution in [0.1, 0.15) is 36.0 Å². The molecular weight excluding hydrogens is 288 g/mol. The second-order valence-electron chi connectivity index (χ2n) is 5.25. The maximum absolute atomic E-state index is 13.9. The number of ether oxygens (including phenoxy) is 1. The van der Waals surface area contributed by atoms with E-state index in [1.165, 1.54) is 19.2 Å².